The van der Waals surface area contributed by atoms with Crippen LogP contribution in [0.3, 0.4) is 0 Å². The van der Waals surface area contributed by atoms with Crippen LogP contribution in [0.1, 0.15) is 24.3 Å². The highest BCUT2D eigenvalue weighted by atomic mass is 16.5. The molecule has 0 bridgehead atoms. The van der Waals surface area contributed by atoms with Gasteiger partial charge in [0.15, 0.2) is 5.82 Å². The van der Waals surface area contributed by atoms with Crippen LogP contribution in [0.25, 0.3) is 0 Å². The van der Waals surface area contributed by atoms with E-state index >= 15 is 0 Å². The first-order valence-corrected chi connectivity index (χ1v) is 6.19. The van der Waals surface area contributed by atoms with E-state index in [0.717, 1.165) is 5.69 Å². The predicted octanol–water partition coefficient (Wildman–Crippen LogP) is 1.53. The van der Waals surface area contributed by atoms with Crippen molar-refractivity contribution >= 4 is 5.95 Å². The van der Waals surface area contributed by atoms with Crippen LogP contribution in [0.15, 0.2) is 10.6 Å². The van der Waals surface area contributed by atoms with E-state index in [9.17, 15) is 0 Å². The molecular weight excluding hydrogens is 246 g/mol. The monoisotopic (exact) mass is 263 g/mol. The Morgan fingerprint density at radius 1 is 1.26 bits per heavy atom. The van der Waals surface area contributed by atoms with E-state index in [2.05, 4.69) is 25.4 Å². The van der Waals surface area contributed by atoms with Crippen molar-refractivity contribution < 1.29 is 9.26 Å². The molecule has 0 spiro atoms. The molecule has 7 heteroatoms. The molecule has 2 heterocycles. The largest absolute Gasteiger partial charge is 0.478 e. The molecule has 0 saturated carbocycles. The zero-order valence-corrected chi connectivity index (χ0v) is 11.3. The van der Waals surface area contributed by atoms with Crippen LogP contribution in [0.4, 0.5) is 5.95 Å². The second-order valence-corrected chi connectivity index (χ2v) is 4.02. The lowest BCUT2D eigenvalue weighted by molar-refractivity contribution is 0.326. The van der Waals surface area contributed by atoms with Crippen molar-refractivity contribution in [3.63, 3.8) is 0 Å². The highest BCUT2D eigenvalue weighted by Gasteiger charge is 2.05. The summed E-state index contributed by atoms with van der Waals surface area (Å²) in [5.74, 6) is 2.36. The molecule has 0 atom stereocenters. The van der Waals surface area contributed by atoms with Gasteiger partial charge in [-0.05, 0) is 20.8 Å². The van der Waals surface area contributed by atoms with Crippen molar-refractivity contribution in [2.75, 3.05) is 18.5 Å². The fourth-order valence-electron chi connectivity index (χ4n) is 1.56. The van der Waals surface area contributed by atoms with E-state index < -0.39 is 0 Å². The SMILES string of the molecule is CCOc1cc(C)nc(NCCc2nc(C)no2)n1. The number of hydrogen-bond donors (Lipinski definition) is 1. The quantitative estimate of drug-likeness (QED) is 0.845. The van der Waals surface area contributed by atoms with Gasteiger partial charge in [0.05, 0.1) is 6.61 Å². The minimum Gasteiger partial charge on any atom is -0.478 e. The Labute approximate surface area is 111 Å². The normalized spacial score (nSPS) is 10.5. The van der Waals surface area contributed by atoms with Crippen molar-refractivity contribution in [1.82, 2.24) is 20.1 Å². The molecule has 0 saturated heterocycles. The number of hydrogen-bond acceptors (Lipinski definition) is 7. The number of ether oxygens (including phenoxy) is 1. The molecule has 0 aromatic carbocycles. The van der Waals surface area contributed by atoms with Gasteiger partial charge in [-0.25, -0.2) is 4.98 Å². The number of rotatable bonds is 6. The Bertz CT molecular complexity index is 541. The van der Waals surface area contributed by atoms with Gasteiger partial charge in [-0.2, -0.15) is 9.97 Å². The Kier molecular flexibility index (Phi) is 4.27. The maximum atomic E-state index is 5.36. The number of aromatic nitrogens is 4. The van der Waals surface area contributed by atoms with Crippen molar-refractivity contribution in [2.24, 2.45) is 0 Å². The second kappa shape index (κ2) is 6.12. The molecule has 1 N–H and O–H groups in total. The molecule has 0 aliphatic heterocycles. The summed E-state index contributed by atoms with van der Waals surface area (Å²) < 4.78 is 10.4. The molecule has 0 unspecified atom stereocenters. The first-order chi connectivity index (χ1) is 9.17. The number of nitrogens with one attached hydrogen (secondary N) is 1. The summed E-state index contributed by atoms with van der Waals surface area (Å²) in [5, 5.41) is 6.84. The summed E-state index contributed by atoms with van der Waals surface area (Å²) in [6, 6.07) is 1.80. The molecule has 7 nitrogen and oxygen atoms in total. The van der Waals surface area contributed by atoms with Crippen LogP contribution in [0.5, 0.6) is 5.88 Å². The molecule has 2 rings (SSSR count). The fraction of sp³-hybridized carbons (Fsp3) is 0.500. The summed E-state index contributed by atoms with van der Waals surface area (Å²) >= 11 is 0. The summed E-state index contributed by atoms with van der Waals surface area (Å²) in [6.45, 7) is 6.81. The topological polar surface area (TPSA) is 86.0 Å². The second-order valence-electron chi connectivity index (χ2n) is 4.02. The molecule has 2 aromatic rings. The lowest BCUT2D eigenvalue weighted by Crippen LogP contribution is -2.09. The van der Waals surface area contributed by atoms with Crippen LogP contribution in [-0.4, -0.2) is 33.3 Å². The van der Waals surface area contributed by atoms with Gasteiger partial charge in [0.1, 0.15) is 0 Å². The lowest BCUT2D eigenvalue weighted by atomic mass is 10.4. The van der Waals surface area contributed by atoms with Gasteiger partial charge in [0, 0.05) is 24.7 Å². The van der Waals surface area contributed by atoms with E-state index in [4.69, 9.17) is 9.26 Å². The van der Waals surface area contributed by atoms with Crippen molar-refractivity contribution in [1.29, 1.82) is 0 Å². The minimum absolute atomic E-state index is 0.541. The summed E-state index contributed by atoms with van der Waals surface area (Å²) in [5.41, 5.74) is 0.856. The maximum Gasteiger partial charge on any atom is 0.228 e. The van der Waals surface area contributed by atoms with E-state index in [1.54, 1.807) is 13.0 Å². The summed E-state index contributed by atoms with van der Waals surface area (Å²) in [4.78, 5) is 12.7. The van der Waals surface area contributed by atoms with Gasteiger partial charge in [-0.3, -0.25) is 0 Å². The molecular formula is C12H17N5O2. The summed E-state index contributed by atoms with van der Waals surface area (Å²) in [7, 11) is 0. The number of anilines is 1. The van der Waals surface area contributed by atoms with E-state index in [1.165, 1.54) is 0 Å². The molecule has 0 radical (unpaired) electrons. The van der Waals surface area contributed by atoms with Crippen LogP contribution >= 0.6 is 0 Å². The first kappa shape index (κ1) is 13.3. The first-order valence-electron chi connectivity index (χ1n) is 6.19. The fourth-order valence-corrected chi connectivity index (χ4v) is 1.56. The van der Waals surface area contributed by atoms with Crippen LogP contribution in [0, 0.1) is 13.8 Å². The molecule has 2 aromatic heterocycles. The zero-order valence-electron chi connectivity index (χ0n) is 11.3. The van der Waals surface area contributed by atoms with Gasteiger partial charge in [-0.15, -0.1) is 0 Å². The predicted molar refractivity (Wildman–Crippen MR) is 69.2 cm³/mol. The molecule has 102 valence electrons. The van der Waals surface area contributed by atoms with Gasteiger partial charge in [0.25, 0.3) is 0 Å². The van der Waals surface area contributed by atoms with Gasteiger partial charge in [0.2, 0.25) is 17.7 Å². The van der Waals surface area contributed by atoms with E-state index in [-0.39, 0.29) is 0 Å². The lowest BCUT2D eigenvalue weighted by Gasteiger charge is -2.07. The van der Waals surface area contributed by atoms with Crippen LogP contribution in [0.2, 0.25) is 0 Å². The Balaban J connectivity index is 1.91. The molecule has 0 aliphatic rings. The van der Waals surface area contributed by atoms with Crippen LogP contribution in [-0.2, 0) is 6.42 Å². The van der Waals surface area contributed by atoms with Crippen molar-refractivity contribution in [3.8, 4) is 5.88 Å². The molecule has 0 amide bonds. The highest BCUT2D eigenvalue weighted by molar-refractivity contribution is 5.30. The average Bonchev–Trinajstić information content (AvgIpc) is 2.75. The Morgan fingerprint density at radius 3 is 2.79 bits per heavy atom. The Morgan fingerprint density at radius 2 is 2.11 bits per heavy atom. The van der Waals surface area contributed by atoms with Crippen molar-refractivity contribution in [2.45, 2.75) is 27.2 Å². The van der Waals surface area contributed by atoms with Crippen molar-refractivity contribution in [3.05, 3.63) is 23.5 Å². The Hall–Kier alpha value is -2.18. The van der Waals surface area contributed by atoms with E-state index in [0.29, 0.717) is 43.1 Å². The maximum absolute atomic E-state index is 5.36. The zero-order chi connectivity index (χ0) is 13.7. The third-order valence-electron chi connectivity index (χ3n) is 2.31. The van der Waals surface area contributed by atoms with Crippen LogP contribution < -0.4 is 10.1 Å². The number of aryl methyl sites for hydroxylation is 2. The smallest absolute Gasteiger partial charge is 0.228 e. The third-order valence-corrected chi connectivity index (χ3v) is 2.31. The molecule has 0 aliphatic carbocycles. The molecule has 19 heavy (non-hydrogen) atoms. The van der Waals surface area contributed by atoms with Gasteiger partial charge < -0.3 is 14.6 Å². The third kappa shape index (κ3) is 3.90. The van der Waals surface area contributed by atoms with Gasteiger partial charge in [-0.1, -0.05) is 5.16 Å². The summed E-state index contributed by atoms with van der Waals surface area (Å²) in [6.07, 6.45) is 0.627. The highest BCUT2D eigenvalue weighted by Crippen LogP contribution is 2.11. The average molecular weight is 263 g/mol. The van der Waals surface area contributed by atoms with Gasteiger partial charge >= 0.3 is 0 Å². The molecule has 0 fully saturated rings. The standard InChI is InChI=1S/C12H17N5O2/c1-4-18-11-7-8(2)14-12(16-11)13-6-5-10-15-9(3)17-19-10/h7H,4-6H2,1-3H3,(H,13,14,16). The number of nitrogens with zero attached hydrogens (tertiary/aromatic N) is 4. The minimum atomic E-state index is 0.541. The van der Waals surface area contributed by atoms with E-state index in [1.807, 2.05) is 13.8 Å².